The van der Waals surface area contributed by atoms with Gasteiger partial charge in [-0.1, -0.05) is 13.5 Å². The topological polar surface area (TPSA) is 109 Å². The van der Waals surface area contributed by atoms with E-state index in [4.69, 9.17) is 0 Å². The van der Waals surface area contributed by atoms with Gasteiger partial charge < -0.3 is 15.6 Å². The molecule has 3 N–H and O–H groups in total. The van der Waals surface area contributed by atoms with Crippen LogP contribution in [0, 0.1) is 11.6 Å². The van der Waals surface area contributed by atoms with Gasteiger partial charge in [0.2, 0.25) is 5.96 Å². The molecule has 1 heterocycles. The maximum atomic E-state index is 15.0. The molecule has 34 heavy (non-hydrogen) atoms. The van der Waals surface area contributed by atoms with Crippen LogP contribution in [0.4, 0.5) is 14.5 Å². The molecule has 0 unspecified atom stereocenters. The number of hydrazine groups is 1. The molecule has 0 aromatic heterocycles. The minimum atomic E-state index is -4.06. The third-order valence-corrected chi connectivity index (χ3v) is 6.71. The highest BCUT2D eigenvalue weighted by molar-refractivity contribution is 7.90. The summed E-state index contributed by atoms with van der Waals surface area (Å²) in [5, 5.41) is 4.80. The Bertz CT molecular complexity index is 1070. The third-order valence-electron chi connectivity index (χ3n) is 5.15. The van der Waals surface area contributed by atoms with E-state index in [0.29, 0.717) is 19.0 Å². The SMILES string of the molecule is C=C/N=C(/N1CCNCC1)N(C)N/C=C(\C)C(=O)c1c(F)ccc(NS(=O)(=O)N(C)CC)c1F. The number of halogens is 2. The van der Waals surface area contributed by atoms with Crippen LogP contribution in [0.25, 0.3) is 0 Å². The quantitative estimate of drug-likeness (QED) is 0.155. The Morgan fingerprint density at radius 1 is 1.29 bits per heavy atom. The van der Waals surface area contributed by atoms with Crippen molar-refractivity contribution in [3.05, 3.63) is 53.9 Å². The van der Waals surface area contributed by atoms with Crippen molar-refractivity contribution in [2.24, 2.45) is 4.99 Å². The minimum Gasteiger partial charge on any atom is -0.339 e. The second-order valence-corrected chi connectivity index (χ2v) is 9.28. The summed E-state index contributed by atoms with van der Waals surface area (Å²) in [7, 11) is -1.08. The first-order chi connectivity index (χ1) is 16.0. The predicted molar refractivity (Wildman–Crippen MR) is 128 cm³/mol. The number of piperazine rings is 1. The zero-order chi connectivity index (χ0) is 25.5. The molecule has 0 amide bonds. The van der Waals surface area contributed by atoms with E-state index in [1.165, 1.54) is 26.4 Å². The van der Waals surface area contributed by atoms with Crippen molar-refractivity contribution in [2.45, 2.75) is 13.8 Å². The number of aliphatic imine (C=N–C) groups is 1. The second kappa shape index (κ2) is 11.9. The molecule has 0 atom stereocenters. The van der Waals surface area contributed by atoms with E-state index in [-0.39, 0.29) is 12.1 Å². The molecule has 13 heteroatoms. The molecular formula is C21H31F2N7O3S. The molecule has 1 aliphatic heterocycles. The van der Waals surface area contributed by atoms with E-state index in [1.54, 1.807) is 19.0 Å². The summed E-state index contributed by atoms with van der Waals surface area (Å²) in [6, 6.07) is 1.77. The molecule has 10 nitrogen and oxygen atoms in total. The van der Waals surface area contributed by atoms with Crippen LogP contribution in [-0.2, 0) is 10.2 Å². The van der Waals surface area contributed by atoms with Crippen molar-refractivity contribution >= 4 is 27.6 Å². The molecule has 0 saturated carbocycles. The molecular weight excluding hydrogens is 468 g/mol. The van der Waals surface area contributed by atoms with Gasteiger partial charge in [-0.2, -0.15) is 12.7 Å². The number of nitrogens with one attached hydrogen (secondary N) is 3. The van der Waals surface area contributed by atoms with E-state index in [2.05, 4.69) is 22.3 Å². The Kier molecular flexibility index (Phi) is 9.53. The minimum absolute atomic E-state index is 0.00593. The van der Waals surface area contributed by atoms with Gasteiger partial charge in [-0.05, 0) is 19.1 Å². The smallest absolute Gasteiger partial charge is 0.301 e. The van der Waals surface area contributed by atoms with E-state index < -0.39 is 38.9 Å². The van der Waals surface area contributed by atoms with Crippen molar-refractivity contribution in [1.82, 2.24) is 25.0 Å². The summed E-state index contributed by atoms with van der Waals surface area (Å²) < 4.78 is 56.9. The number of nitrogens with zero attached hydrogens (tertiary/aromatic N) is 4. The van der Waals surface area contributed by atoms with Crippen LogP contribution in [-0.4, -0.2) is 81.2 Å². The molecule has 188 valence electrons. The zero-order valence-electron chi connectivity index (χ0n) is 19.7. The molecule has 1 aliphatic rings. The summed E-state index contributed by atoms with van der Waals surface area (Å²) in [6.07, 6.45) is 2.69. The lowest BCUT2D eigenvalue weighted by Gasteiger charge is -2.34. The molecule has 1 fully saturated rings. The number of hydrogen-bond acceptors (Lipinski definition) is 6. The average molecular weight is 500 g/mol. The van der Waals surface area contributed by atoms with Gasteiger partial charge in [-0.3, -0.25) is 14.5 Å². The third kappa shape index (κ3) is 6.52. The molecule has 0 spiro atoms. The summed E-state index contributed by atoms with van der Waals surface area (Å²) in [4.78, 5) is 19.1. The molecule has 1 aromatic rings. The first-order valence-corrected chi connectivity index (χ1v) is 12.0. The predicted octanol–water partition coefficient (Wildman–Crippen LogP) is 1.50. The van der Waals surface area contributed by atoms with Gasteiger partial charge >= 0.3 is 10.2 Å². The number of anilines is 1. The van der Waals surface area contributed by atoms with Crippen LogP contribution in [0.2, 0.25) is 0 Å². The number of rotatable bonds is 9. The van der Waals surface area contributed by atoms with Crippen LogP contribution in [0.1, 0.15) is 24.2 Å². The summed E-state index contributed by atoms with van der Waals surface area (Å²) in [6.45, 7) is 9.74. The zero-order valence-corrected chi connectivity index (χ0v) is 20.5. The fourth-order valence-corrected chi connectivity index (χ4v) is 4.00. The average Bonchev–Trinajstić information content (AvgIpc) is 2.82. The van der Waals surface area contributed by atoms with Crippen LogP contribution in [0.5, 0.6) is 0 Å². The van der Waals surface area contributed by atoms with Crippen molar-refractivity contribution in [1.29, 1.82) is 0 Å². The monoisotopic (exact) mass is 499 g/mol. The highest BCUT2D eigenvalue weighted by Crippen LogP contribution is 2.25. The first-order valence-electron chi connectivity index (χ1n) is 10.6. The Balaban J connectivity index is 2.25. The van der Waals surface area contributed by atoms with Crippen molar-refractivity contribution in [3.63, 3.8) is 0 Å². The molecule has 0 radical (unpaired) electrons. The Morgan fingerprint density at radius 3 is 2.53 bits per heavy atom. The standard InChI is InChI=1S/C21H31F2N7O3S/c1-6-25-21(30-12-10-24-11-13-30)29(5)26-14-15(3)20(31)18-16(22)8-9-17(19(18)23)27-34(32,33)28(4)7-2/h6,8-9,14,24,26-27H,1,7,10-13H2,2-5H3/b15-14+,25-21+. The number of guanidine groups is 1. The maximum Gasteiger partial charge on any atom is 0.301 e. The largest absolute Gasteiger partial charge is 0.339 e. The first kappa shape index (κ1) is 27.2. The van der Waals surface area contributed by atoms with Crippen molar-refractivity contribution in [2.75, 3.05) is 51.5 Å². The maximum absolute atomic E-state index is 15.0. The molecule has 0 aliphatic carbocycles. The Labute approximate surface area is 199 Å². The number of allylic oxidation sites excluding steroid dienone is 1. The lowest BCUT2D eigenvalue weighted by molar-refractivity contribution is 0.102. The molecule has 2 rings (SSSR count). The number of Topliss-reactive ketones (excluding diaryl/α,β-unsaturated/α-hetero) is 1. The van der Waals surface area contributed by atoms with E-state index in [0.717, 1.165) is 29.5 Å². The van der Waals surface area contributed by atoms with Crippen molar-refractivity contribution < 1.29 is 22.0 Å². The van der Waals surface area contributed by atoms with E-state index in [1.807, 2.05) is 9.62 Å². The van der Waals surface area contributed by atoms with Gasteiger partial charge in [-0.15, -0.1) is 0 Å². The van der Waals surface area contributed by atoms with Gasteiger partial charge in [0, 0.05) is 64.8 Å². The van der Waals surface area contributed by atoms with Crippen LogP contribution in [0.15, 0.2) is 41.7 Å². The summed E-state index contributed by atoms with van der Waals surface area (Å²) in [5.41, 5.74) is 1.48. The van der Waals surface area contributed by atoms with E-state index in [9.17, 15) is 17.6 Å². The number of carbonyl (C=O) groups is 1. The lowest BCUT2D eigenvalue weighted by Crippen LogP contribution is -2.53. The molecule has 1 aromatic carbocycles. The lowest BCUT2D eigenvalue weighted by atomic mass is 10.0. The molecule has 0 bridgehead atoms. The van der Waals surface area contributed by atoms with Gasteiger partial charge in [0.25, 0.3) is 0 Å². The summed E-state index contributed by atoms with van der Waals surface area (Å²) in [5.74, 6) is -2.79. The van der Waals surface area contributed by atoms with Crippen molar-refractivity contribution in [3.8, 4) is 0 Å². The summed E-state index contributed by atoms with van der Waals surface area (Å²) >= 11 is 0. The number of carbonyl (C=O) groups excluding carboxylic acids is 1. The second-order valence-electron chi connectivity index (χ2n) is 7.50. The fourth-order valence-electron chi connectivity index (χ4n) is 3.07. The van der Waals surface area contributed by atoms with Crippen LogP contribution < -0.4 is 15.5 Å². The number of hydrogen-bond donors (Lipinski definition) is 3. The highest BCUT2D eigenvalue weighted by atomic mass is 32.2. The molecule has 1 saturated heterocycles. The number of ketones is 1. The van der Waals surface area contributed by atoms with Gasteiger partial charge in [0.1, 0.15) is 5.82 Å². The van der Waals surface area contributed by atoms with E-state index >= 15 is 4.39 Å². The van der Waals surface area contributed by atoms with Gasteiger partial charge in [0.15, 0.2) is 11.6 Å². The fraction of sp³-hybridized carbons (Fsp3) is 0.429. The number of benzene rings is 1. The Morgan fingerprint density at radius 2 is 1.94 bits per heavy atom. The van der Waals surface area contributed by atoms with Gasteiger partial charge in [-0.25, -0.2) is 13.8 Å². The normalized spacial score (nSPS) is 15.3. The van der Waals surface area contributed by atoms with Crippen LogP contribution in [0.3, 0.4) is 0 Å². The van der Waals surface area contributed by atoms with Gasteiger partial charge in [0.05, 0.1) is 11.3 Å². The van der Waals surface area contributed by atoms with Crippen LogP contribution >= 0.6 is 0 Å². The highest BCUT2D eigenvalue weighted by Gasteiger charge is 2.25. The Hall–Kier alpha value is -3.03.